The summed E-state index contributed by atoms with van der Waals surface area (Å²) in [4.78, 5) is 2.45. The molecule has 76 valence electrons. The van der Waals surface area contributed by atoms with Gasteiger partial charge >= 0.3 is 0 Å². The van der Waals surface area contributed by atoms with Crippen molar-refractivity contribution in [1.82, 2.24) is 10.2 Å². The lowest BCUT2D eigenvalue weighted by molar-refractivity contribution is 0.141. The first-order valence-corrected chi connectivity index (χ1v) is 5.26. The van der Waals surface area contributed by atoms with E-state index in [1.54, 1.807) is 0 Å². The molecule has 1 fully saturated rings. The van der Waals surface area contributed by atoms with Gasteiger partial charge in [0, 0.05) is 25.2 Å². The van der Waals surface area contributed by atoms with Crippen LogP contribution in [-0.4, -0.2) is 31.1 Å². The summed E-state index contributed by atoms with van der Waals surface area (Å²) in [5.74, 6) is 0. The van der Waals surface area contributed by atoms with Crippen molar-refractivity contribution in [2.24, 2.45) is 0 Å². The number of hydrogen-bond acceptors (Lipinski definition) is 2. The van der Waals surface area contributed by atoms with Gasteiger partial charge in [-0.1, -0.05) is 30.3 Å². The normalized spacial score (nSPS) is 29.0. The van der Waals surface area contributed by atoms with Crippen molar-refractivity contribution in [3.05, 3.63) is 35.9 Å². The molecule has 0 aromatic heterocycles. The van der Waals surface area contributed by atoms with E-state index in [4.69, 9.17) is 0 Å². The van der Waals surface area contributed by atoms with Gasteiger partial charge in [0.2, 0.25) is 0 Å². The number of benzene rings is 1. The van der Waals surface area contributed by atoms with Crippen LogP contribution in [0.1, 0.15) is 18.5 Å². The third kappa shape index (κ3) is 1.81. The minimum absolute atomic E-state index is 0.528. The maximum absolute atomic E-state index is 3.47. The van der Waals surface area contributed by atoms with Crippen molar-refractivity contribution in [3.63, 3.8) is 0 Å². The lowest BCUT2D eigenvalue weighted by Gasteiger charge is -2.38. The highest BCUT2D eigenvalue weighted by molar-refractivity contribution is 5.20. The van der Waals surface area contributed by atoms with Crippen LogP contribution in [0.5, 0.6) is 0 Å². The zero-order valence-electron chi connectivity index (χ0n) is 8.90. The first-order valence-electron chi connectivity index (χ1n) is 5.26. The minimum atomic E-state index is 0.528. The van der Waals surface area contributed by atoms with Crippen LogP contribution in [0.2, 0.25) is 0 Å². The van der Waals surface area contributed by atoms with E-state index in [-0.39, 0.29) is 0 Å². The van der Waals surface area contributed by atoms with Crippen molar-refractivity contribution in [3.8, 4) is 0 Å². The summed E-state index contributed by atoms with van der Waals surface area (Å²) in [6.07, 6.45) is 0. The van der Waals surface area contributed by atoms with Gasteiger partial charge in [-0.3, -0.25) is 4.90 Å². The van der Waals surface area contributed by atoms with Crippen LogP contribution < -0.4 is 5.32 Å². The van der Waals surface area contributed by atoms with E-state index in [1.807, 2.05) is 0 Å². The number of nitrogens with zero attached hydrogens (tertiary/aromatic N) is 1. The van der Waals surface area contributed by atoms with Crippen LogP contribution >= 0.6 is 0 Å². The van der Waals surface area contributed by atoms with E-state index in [2.05, 4.69) is 54.5 Å². The Morgan fingerprint density at radius 3 is 2.64 bits per heavy atom. The summed E-state index contributed by atoms with van der Waals surface area (Å²) in [7, 11) is 2.21. The molecule has 1 aliphatic rings. The largest absolute Gasteiger partial charge is 0.313 e. The van der Waals surface area contributed by atoms with Gasteiger partial charge in [0.05, 0.1) is 0 Å². The topological polar surface area (TPSA) is 15.3 Å². The molecule has 0 spiro atoms. The Labute approximate surface area is 85.9 Å². The monoisotopic (exact) mass is 190 g/mol. The number of likely N-dealkylation sites (N-methyl/N-ethyl adjacent to an activating group) is 1. The summed E-state index contributed by atoms with van der Waals surface area (Å²) in [5, 5.41) is 3.47. The second kappa shape index (κ2) is 4.11. The van der Waals surface area contributed by atoms with Gasteiger partial charge in [-0.2, -0.15) is 0 Å². The third-order valence-electron chi connectivity index (χ3n) is 3.15. The van der Waals surface area contributed by atoms with Gasteiger partial charge in [0.1, 0.15) is 0 Å². The fraction of sp³-hybridized carbons (Fsp3) is 0.500. The van der Waals surface area contributed by atoms with Gasteiger partial charge in [-0.15, -0.1) is 0 Å². The molecular formula is C12H18N2. The average Bonchev–Trinajstić information content (AvgIpc) is 2.23. The molecule has 0 saturated carbocycles. The quantitative estimate of drug-likeness (QED) is 0.724. The Morgan fingerprint density at radius 2 is 1.93 bits per heavy atom. The fourth-order valence-electron chi connectivity index (χ4n) is 2.05. The molecule has 2 atom stereocenters. The van der Waals surface area contributed by atoms with E-state index in [0.717, 1.165) is 13.1 Å². The van der Waals surface area contributed by atoms with Crippen LogP contribution in [-0.2, 0) is 0 Å². The van der Waals surface area contributed by atoms with Crippen molar-refractivity contribution < 1.29 is 0 Å². The van der Waals surface area contributed by atoms with Crippen LogP contribution in [0.3, 0.4) is 0 Å². The second-order valence-corrected chi connectivity index (χ2v) is 4.10. The standard InChI is InChI=1S/C12H18N2/c1-10-8-13-9-12(14(10)2)11-6-4-3-5-7-11/h3-7,10,12-13H,8-9H2,1-2H3. The predicted octanol–water partition coefficient (Wildman–Crippen LogP) is 1.65. The van der Waals surface area contributed by atoms with Gasteiger partial charge in [-0.05, 0) is 19.5 Å². The van der Waals surface area contributed by atoms with Gasteiger partial charge in [-0.25, -0.2) is 0 Å². The maximum Gasteiger partial charge on any atom is 0.0472 e. The van der Waals surface area contributed by atoms with E-state index < -0.39 is 0 Å². The summed E-state index contributed by atoms with van der Waals surface area (Å²) in [6, 6.07) is 11.9. The molecule has 2 heteroatoms. The van der Waals surface area contributed by atoms with Gasteiger partial charge in [0.15, 0.2) is 0 Å². The number of piperazine rings is 1. The molecule has 0 amide bonds. The molecule has 2 rings (SSSR count). The molecule has 0 radical (unpaired) electrons. The summed E-state index contributed by atoms with van der Waals surface area (Å²) >= 11 is 0. The van der Waals surface area contributed by atoms with Gasteiger partial charge in [0.25, 0.3) is 0 Å². The number of nitrogens with one attached hydrogen (secondary N) is 1. The first-order chi connectivity index (χ1) is 6.79. The Hall–Kier alpha value is -0.860. The molecule has 2 unspecified atom stereocenters. The molecule has 1 aromatic carbocycles. The molecule has 1 heterocycles. The summed E-state index contributed by atoms with van der Waals surface area (Å²) in [6.45, 7) is 4.42. The first kappa shape index (κ1) is 9.69. The van der Waals surface area contributed by atoms with Crippen molar-refractivity contribution >= 4 is 0 Å². The Balaban J connectivity index is 2.17. The van der Waals surface area contributed by atoms with E-state index in [0.29, 0.717) is 12.1 Å². The lowest BCUT2D eigenvalue weighted by atomic mass is 10.0. The zero-order chi connectivity index (χ0) is 9.97. The molecule has 0 bridgehead atoms. The average molecular weight is 190 g/mol. The number of hydrogen-bond donors (Lipinski definition) is 1. The summed E-state index contributed by atoms with van der Waals surface area (Å²) in [5.41, 5.74) is 1.41. The molecule has 0 aliphatic carbocycles. The highest BCUT2D eigenvalue weighted by Gasteiger charge is 2.24. The summed E-state index contributed by atoms with van der Waals surface area (Å²) < 4.78 is 0. The molecule has 14 heavy (non-hydrogen) atoms. The fourth-order valence-corrected chi connectivity index (χ4v) is 2.05. The smallest absolute Gasteiger partial charge is 0.0472 e. The second-order valence-electron chi connectivity index (χ2n) is 4.10. The van der Waals surface area contributed by atoms with Crippen LogP contribution in [0, 0.1) is 0 Å². The molecule has 1 N–H and O–H groups in total. The molecule has 2 nitrogen and oxygen atoms in total. The van der Waals surface area contributed by atoms with Crippen LogP contribution in [0.25, 0.3) is 0 Å². The highest BCUT2D eigenvalue weighted by atomic mass is 15.2. The van der Waals surface area contributed by atoms with Crippen molar-refractivity contribution in [1.29, 1.82) is 0 Å². The van der Waals surface area contributed by atoms with Crippen molar-refractivity contribution in [2.45, 2.75) is 19.0 Å². The Kier molecular flexibility index (Phi) is 2.85. The van der Waals surface area contributed by atoms with Crippen molar-refractivity contribution in [2.75, 3.05) is 20.1 Å². The molecule has 1 aromatic rings. The van der Waals surface area contributed by atoms with Crippen LogP contribution in [0.4, 0.5) is 0 Å². The van der Waals surface area contributed by atoms with E-state index in [1.165, 1.54) is 5.56 Å². The van der Waals surface area contributed by atoms with E-state index in [9.17, 15) is 0 Å². The third-order valence-corrected chi connectivity index (χ3v) is 3.15. The zero-order valence-corrected chi connectivity index (χ0v) is 8.90. The Bertz CT molecular complexity index is 284. The molecule has 1 saturated heterocycles. The molecular weight excluding hydrogens is 172 g/mol. The molecule has 1 aliphatic heterocycles. The maximum atomic E-state index is 3.47. The predicted molar refractivity (Wildman–Crippen MR) is 59.3 cm³/mol. The Morgan fingerprint density at radius 1 is 1.21 bits per heavy atom. The highest BCUT2D eigenvalue weighted by Crippen LogP contribution is 2.22. The minimum Gasteiger partial charge on any atom is -0.313 e. The van der Waals surface area contributed by atoms with E-state index >= 15 is 0 Å². The van der Waals surface area contributed by atoms with Gasteiger partial charge < -0.3 is 5.32 Å². The SMILES string of the molecule is CC1CNCC(c2ccccc2)N1C. The number of rotatable bonds is 1. The lowest BCUT2D eigenvalue weighted by Crippen LogP contribution is -2.49. The van der Waals surface area contributed by atoms with Crippen LogP contribution in [0.15, 0.2) is 30.3 Å².